The molecule has 0 atom stereocenters. The van der Waals surface area contributed by atoms with Crippen molar-refractivity contribution in [1.82, 2.24) is 9.97 Å². The maximum Gasteiger partial charge on any atom is 0.260 e. The topological polar surface area (TPSA) is 66.0 Å². The van der Waals surface area contributed by atoms with Gasteiger partial charge < -0.3 is 10.1 Å². The highest BCUT2D eigenvalue weighted by atomic mass is 32.1. The number of thiophene rings is 1. The fourth-order valence-corrected chi connectivity index (χ4v) is 2.26. The van der Waals surface area contributed by atoms with Crippen molar-refractivity contribution in [3.05, 3.63) is 33.7 Å². The van der Waals surface area contributed by atoms with Crippen LogP contribution < -0.4 is 5.56 Å². The van der Waals surface area contributed by atoms with E-state index in [-0.39, 0.29) is 17.1 Å². The summed E-state index contributed by atoms with van der Waals surface area (Å²) >= 11 is 1.46. The predicted octanol–water partition coefficient (Wildman–Crippen LogP) is 2.08. The fraction of sp³-hybridized carbons (Fsp3) is 0.200. The smallest absolute Gasteiger partial charge is 0.260 e. The van der Waals surface area contributed by atoms with E-state index in [1.165, 1.54) is 11.3 Å². The highest BCUT2D eigenvalue weighted by Crippen LogP contribution is 2.21. The molecule has 2 aromatic heterocycles. The second-order valence-electron chi connectivity index (χ2n) is 3.15. The molecule has 15 heavy (non-hydrogen) atoms. The van der Waals surface area contributed by atoms with Gasteiger partial charge in [-0.1, -0.05) is 13.5 Å². The third-order valence-corrected chi connectivity index (χ3v) is 3.25. The van der Waals surface area contributed by atoms with Gasteiger partial charge in [-0.15, -0.1) is 11.3 Å². The van der Waals surface area contributed by atoms with Crippen molar-refractivity contribution in [3.63, 3.8) is 0 Å². The summed E-state index contributed by atoms with van der Waals surface area (Å²) in [5.41, 5.74) is -0.235. The lowest BCUT2D eigenvalue weighted by molar-refractivity contribution is 0.507. The zero-order valence-corrected chi connectivity index (χ0v) is 9.02. The predicted molar refractivity (Wildman–Crippen MR) is 61.3 cm³/mol. The average molecular weight is 222 g/mol. The summed E-state index contributed by atoms with van der Waals surface area (Å²) in [6.07, 6.45) is 0.871. The maximum atomic E-state index is 11.6. The van der Waals surface area contributed by atoms with Crippen LogP contribution in [0.1, 0.15) is 17.6 Å². The Morgan fingerprint density at radius 2 is 2.47 bits per heavy atom. The quantitative estimate of drug-likeness (QED) is 0.764. The largest absolute Gasteiger partial charge is 0.505 e. The summed E-state index contributed by atoms with van der Waals surface area (Å²) in [6, 6.07) is 1.83. The van der Waals surface area contributed by atoms with Crippen LogP contribution in [0.4, 0.5) is 0 Å². The molecule has 0 bridgehead atoms. The van der Waals surface area contributed by atoms with Crippen LogP contribution in [-0.2, 0) is 6.42 Å². The molecule has 2 rings (SSSR count). The molecule has 2 heterocycles. The summed E-state index contributed by atoms with van der Waals surface area (Å²) in [6.45, 7) is 5.35. The van der Waals surface area contributed by atoms with Crippen molar-refractivity contribution < 1.29 is 5.11 Å². The third-order valence-electron chi connectivity index (χ3n) is 2.08. The number of fused-ring (bicyclic) bond motifs is 1. The number of hydrogen-bond acceptors (Lipinski definition) is 4. The molecule has 0 fully saturated rings. The van der Waals surface area contributed by atoms with Gasteiger partial charge in [0, 0.05) is 4.88 Å². The van der Waals surface area contributed by atoms with Crippen molar-refractivity contribution in [2.45, 2.75) is 13.3 Å². The second kappa shape index (κ2) is 3.51. The summed E-state index contributed by atoms with van der Waals surface area (Å²) in [5, 5.41) is 9.72. The molecule has 0 unspecified atom stereocenters. The Morgan fingerprint density at radius 1 is 1.73 bits per heavy atom. The minimum atomic E-state index is -0.235. The second-order valence-corrected chi connectivity index (χ2v) is 4.26. The van der Waals surface area contributed by atoms with Gasteiger partial charge in [-0.05, 0) is 12.5 Å². The Morgan fingerprint density at radius 3 is 3.07 bits per heavy atom. The van der Waals surface area contributed by atoms with Crippen LogP contribution in [0.3, 0.4) is 0 Å². The number of nitrogens with zero attached hydrogens (tertiary/aromatic N) is 1. The molecule has 0 aliphatic heterocycles. The van der Waals surface area contributed by atoms with E-state index >= 15 is 0 Å². The number of nitrogens with one attached hydrogen (secondary N) is 1. The number of rotatable bonds is 2. The van der Waals surface area contributed by atoms with Crippen LogP contribution in [-0.4, -0.2) is 15.1 Å². The van der Waals surface area contributed by atoms with Gasteiger partial charge >= 0.3 is 0 Å². The summed E-state index contributed by atoms with van der Waals surface area (Å²) in [5.74, 6) is -0.0857. The molecule has 5 heteroatoms. The number of hydrogen-bond donors (Lipinski definition) is 2. The van der Waals surface area contributed by atoms with Gasteiger partial charge in [0.15, 0.2) is 11.6 Å². The van der Waals surface area contributed by atoms with Crippen LogP contribution in [0, 0.1) is 0 Å². The van der Waals surface area contributed by atoms with E-state index in [9.17, 15) is 4.79 Å². The van der Waals surface area contributed by atoms with Crippen molar-refractivity contribution in [2.24, 2.45) is 0 Å². The molecular weight excluding hydrogens is 212 g/mol. The molecule has 0 saturated carbocycles. The van der Waals surface area contributed by atoms with E-state index in [0.29, 0.717) is 10.2 Å². The van der Waals surface area contributed by atoms with Crippen LogP contribution >= 0.6 is 11.3 Å². The first-order valence-corrected chi connectivity index (χ1v) is 5.34. The number of aliphatic hydroxyl groups excluding tert-OH is 1. The van der Waals surface area contributed by atoms with Crippen LogP contribution in [0.2, 0.25) is 0 Å². The van der Waals surface area contributed by atoms with Crippen molar-refractivity contribution in [2.75, 3.05) is 0 Å². The van der Waals surface area contributed by atoms with Gasteiger partial charge in [0.2, 0.25) is 0 Å². The third kappa shape index (κ3) is 1.66. The van der Waals surface area contributed by atoms with Gasteiger partial charge in [-0.25, -0.2) is 4.98 Å². The first-order chi connectivity index (χ1) is 7.11. The van der Waals surface area contributed by atoms with E-state index in [1.54, 1.807) is 0 Å². The van der Waals surface area contributed by atoms with Crippen molar-refractivity contribution >= 4 is 27.3 Å². The summed E-state index contributed by atoms with van der Waals surface area (Å²) in [7, 11) is 0. The zero-order valence-electron chi connectivity index (χ0n) is 8.20. The van der Waals surface area contributed by atoms with Gasteiger partial charge in [-0.3, -0.25) is 4.79 Å². The molecule has 0 aliphatic rings. The number of H-pyrrole nitrogens is 1. The van der Waals surface area contributed by atoms with Gasteiger partial charge in [0.1, 0.15) is 4.83 Å². The van der Waals surface area contributed by atoms with Crippen LogP contribution in [0.15, 0.2) is 17.4 Å². The van der Waals surface area contributed by atoms with E-state index in [1.807, 2.05) is 13.0 Å². The van der Waals surface area contributed by atoms with E-state index in [4.69, 9.17) is 5.11 Å². The minimum Gasteiger partial charge on any atom is -0.505 e. The number of aliphatic hydroxyl groups is 1. The minimum absolute atomic E-state index is 0.136. The van der Waals surface area contributed by atoms with Crippen LogP contribution in [0.5, 0.6) is 0 Å². The number of aryl methyl sites for hydroxylation is 1. The maximum absolute atomic E-state index is 11.6. The van der Waals surface area contributed by atoms with Crippen molar-refractivity contribution in [3.8, 4) is 0 Å². The van der Waals surface area contributed by atoms with Gasteiger partial charge in [0.05, 0.1) is 5.39 Å². The molecule has 0 aromatic carbocycles. The lowest BCUT2D eigenvalue weighted by Crippen LogP contribution is -2.09. The molecule has 0 amide bonds. The Hall–Kier alpha value is -1.62. The molecular formula is C10H10N2O2S. The molecule has 0 aliphatic carbocycles. The zero-order chi connectivity index (χ0) is 11.0. The molecule has 0 spiro atoms. The SMILES string of the molecule is C=C(O)c1nc2sc(CC)cc2c(=O)[nH]1. The molecule has 0 saturated heterocycles. The normalized spacial score (nSPS) is 10.7. The van der Waals surface area contributed by atoms with E-state index in [2.05, 4.69) is 16.5 Å². The highest BCUT2D eigenvalue weighted by Gasteiger charge is 2.08. The standard InChI is InChI=1S/C10H10N2O2S/c1-3-6-4-7-9(14)11-8(5(2)13)12-10(7)15-6/h4,13H,2-3H2,1H3,(H,11,12,14). The van der Waals surface area contributed by atoms with Crippen molar-refractivity contribution in [1.29, 1.82) is 0 Å². The number of aromatic amines is 1. The summed E-state index contributed by atoms with van der Waals surface area (Å²) < 4.78 is 0. The lowest BCUT2D eigenvalue weighted by Gasteiger charge is -1.96. The molecule has 4 nitrogen and oxygen atoms in total. The first-order valence-electron chi connectivity index (χ1n) is 4.52. The average Bonchev–Trinajstić information content (AvgIpc) is 2.61. The van der Waals surface area contributed by atoms with Gasteiger partial charge in [0.25, 0.3) is 5.56 Å². The Labute approximate surface area is 89.9 Å². The molecule has 78 valence electrons. The monoisotopic (exact) mass is 222 g/mol. The Bertz CT molecular complexity index is 583. The molecule has 2 aromatic rings. The first kappa shape index (κ1) is 9.92. The number of aromatic nitrogens is 2. The van der Waals surface area contributed by atoms with E-state index in [0.717, 1.165) is 11.3 Å². The Kier molecular flexibility index (Phi) is 2.32. The van der Waals surface area contributed by atoms with Gasteiger partial charge in [-0.2, -0.15) is 0 Å². The van der Waals surface area contributed by atoms with E-state index < -0.39 is 0 Å². The Balaban J connectivity index is 2.76. The fourth-order valence-electron chi connectivity index (χ4n) is 1.29. The molecule has 2 N–H and O–H groups in total. The summed E-state index contributed by atoms with van der Waals surface area (Å²) in [4.78, 5) is 19.9. The molecule has 0 radical (unpaired) electrons. The van der Waals surface area contributed by atoms with Crippen LogP contribution in [0.25, 0.3) is 16.0 Å². The lowest BCUT2D eigenvalue weighted by atomic mass is 10.3. The highest BCUT2D eigenvalue weighted by molar-refractivity contribution is 7.18.